The second-order valence-corrected chi connectivity index (χ2v) is 4.57. The molecular weight excluding hydrogens is 246 g/mol. The van der Waals surface area contributed by atoms with E-state index in [9.17, 15) is 0 Å². The average Bonchev–Trinajstić information content (AvgIpc) is 3.01. The van der Waals surface area contributed by atoms with Gasteiger partial charge in [-0.2, -0.15) is 0 Å². The van der Waals surface area contributed by atoms with Crippen molar-refractivity contribution < 1.29 is 18.9 Å². The van der Waals surface area contributed by atoms with E-state index < -0.39 is 0 Å². The molecule has 104 valence electrons. The summed E-state index contributed by atoms with van der Waals surface area (Å²) in [6.45, 7) is 4.49. The highest BCUT2D eigenvalue weighted by Crippen LogP contribution is 2.38. The number of para-hydroxylation sites is 1. The summed E-state index contributed by atoms with van der Waals surface area (Å²) in [5, 5.41) is 0. The summed E-state index contributed by atoms with van der Waals surface area (Å²) in [5.41, 5.74) is 2.11. The van der Waals surface area contributed by atoms with E-state index >= 15 is 0 Å². The van der Waals surface area contributed by atoms with E-state index in [1.807, 2.05) is 18.2 Å². The number of nitrogens with zero attached hydrogens (tertiary/aromatic N) is 1. The third-order valence-electron chi connectivity index (χ3n) is 3.45. The van der Waals surface area contributed by atoms with E-state index in [4.69, 9.17) is 18.9 Å². The van der Waals surface area contributed by atoms with Crippen LogP contribution < -0.4 is 9.64 Å². The van der Waals surface area contributed by atoms with Gasteiger partial charge in [-0.05, 0) is 6.07 Å². The Labute approximate surface area is 113 Å². The normalized spacial score (nSPS) is 20.8. The van der Waals surface area contributed by atoms with E-state index in [0.29, 0.717) is 13.2 Å². The number of ether oxygens (including phenoxy) is 4. The second-order valence-electron chi connectivity index (χ2n) is 4.57. The molecule has 0 aliphatic carbocycles. The molecule has 0 spiro atoms. The molecule has 2 saturated heterocycles. The molecule has 0 N–H and O–H groups in total. The summed E-state index contributed by atoms with van der Waals surface area (Å²) in [5.74, 6) is 0.860. The molecule has 2 fully saturated rings. The number of hydrogen-bond acceptors (Lipinski definition) is 5. The van der Waals surface area contributed by atoms with Crippen LogP contribution in [-0.4, -0.2) is 46.6 Å². The third-order valence-corrected chi connectivity index (χ3v) is 3.45. The first kappa shape index (κ1) is 12.7. The molecule has 3 rings (SSSR count). The third kappa shape index (κ3) is 2.54. The molecule has 0 unspecified atom stereocenters. The number of benzene rings is 1. The van der Waals surface area contributed by atoms with Crippen LogP contribution in [0.1, 0.15) is 11.9 Å². The van der Waals surface area contributed by atoms with Crippen molar-refractivity contribution in [3.63, 3.8) is 0 Å². The van der Waals surface area contributed by atoms with Crippen LogP contribution in [0.4, 0.5) is 5.69 Å². The lowest BCUT2D eigenvalue weighted by molar-refractivity contribution is -0.0439. The molecule has 5 heteroatoms. The summed E-state index contributed by atoms with van der Waals surface area (Å²) in [6, 6.07) is 6.00. The molecule has 0 bridgehead atoms. The first-order valence-corrected chi connectivity index (χ1v) is 6.63. The highest BCUT2D eigenvalue weighted by Gasteiger charge is 2.27. The van der Waals surface area contributed by atoms with Crippen LogP contribution in [0.25, 0.3) is 0 Å². The maximum Gasteiger partial charge on any atom is 0.186 e. The minimum atomic E-state index is -0.284. The molecule has 2 aliphatic rings. The summed E-state index contributed by atoms with van der Waals surface area (Å²) < 4.78 is 22.2. The fourth-order valence-electron chi connectivity index (χ4n) is 2.56. The Balaban J connectivity index is 1.97. The van der Waals surface area contributed by atoms with Crippen molar-refractivity contribution in [2.75, 3.05) is 51.5 Å². The van der Waals surface area contributed by atoms with Crippen molar-refractivity contribution in [2.45, 2.75) is 6.29 Å². The Bertz CT molecular complexity index is 425. The highest BCUT2D eigenvalue weighted by molar-refractivity contribution is 5.64. The van der Waals surface area contributed by atoms with Crippen molar-refractivity contribution in [3.8, 4) is 5.75 Å². The van der Waals surface area contributed by atoms with Gasteiger partial charge < -0.3 is 23.8 Å². The molecule has 2 aliphatic heterocycles. The maximum atomic E-state index is 5.63. The van der Waals surface area contributed by atoms with Crippen molar-refractivity contribution in [1.82, 2.24) is 0 Å². The lowest BCUT2D eigenvalue weighted by atomic mass is 10.1. The molecule has 0 amide bonds. The zero-order chi connectivity index (χ0) is 13.1. The molecule has 0 saturated carbocycles. The first-order chi connectivity index (χ1) is 9.40. The van der Waals surface area contributed by atoms with Gasteiger partial charge in [0.2, 0.25) is 0 Å². The van der Waals surface area contributed by atoms with Gasteiger partial charge in [-0.25, -0.2) is 0 Å². The monoisotopic (exact) mass is 265 g/mol. The Morgan fingerprint density at radius 2 is 1.84 bits per heavy atom. The smallest absolute Gasteiger partial charge is 0.186 e. The SMILES string of the molecule is COc1cccc(C2OCCO2)c1N1CCOCC1. The Kier molecular flexibility index (Phi) is 3.87. The molecule has 19 heavy (non-hydrogen) atoms. The molecule has 5 nitrogen and oxygen atoms in total. The highest BCUT2D eigenvalue weighted by atomic mass is 16.7. The molecule has 0 radical (unpaired) electrons. The van der Waals surface area contributed by atoms with Crippen LogP contribution in [-0.2, 0) is 14.2 Å². The van der Waals surface area contributed by atoms with Crippen LogP contribution >= 0.6 is 0 Å². The summed E-state index contributed by atoms with van der Waals surface area (Å²) >= 11 is 0. The predicted octanol–water partition coefficient (Wildman–Crippen LogP) is 1.58. The van der Waals surface area contributed by atoms with Gasteiger partial charge in [-0.15, -0.1) is 0 Å². The van der Waals surface area contributed by atoms with Gasteiger partial charge in [0.1, 0.15) is 5.75 Å². The number of rotatable bonds is 3. The van der Waals surface area contributed by atoms with Gasteiger partial charge >= 0.3 is 0 Å². The standard InChI is InChI=1S/C14H19NO4/c1-16-12-4-2-3-11(14-18-9-10-19-14)13(12)15-5-7-17-8-6-15/h2-4,14H,5-10H2,1H3. The van der Waals surface area contributed by atoms with Crippen molar-refractivity contribution >= 4 is 5.69 Å². The zero-order valence-electron chi connectivity index (χ0n) is 11.1. The lowest BCUT2D eigenvalue weighted by Gasteiger charge is -2.32. The van der Waals surface area contributed by atoms with Crippen LogP contribution in [0.15, 0.2) is 18.2 Å². The minimum Gasteiger partial charge on any atom is -0.495 e. The maximum absolute atomic E-state index is 5.63. The number of hydrogen-bond donors (Lipinski definition) is 0. The fraction of sp³-hybridized carbons (Fsp3) is 0.571. The van der Waals surface area contributed by atoms with Gasteiger partial charge in [0.15, 0.2) is 6.29 Å². The Morgan fingerprint density at radius 3 is 2.53 bits per heavy atom. The zero-order valence-corrected chi connectivity index (χ0v) is 11.1. The molecular formula is C14H19NO4. The lowest BCUT2D eigenvalue weighted by Crippen LogP contribution is -2.37. The van der Waals surface area contributed by atoms with Crippen molar-refractivity contribution in [2.24, 2.45) is 0 Å². The van der Waals surface area contributed by atoms with Crippen LogP contribution in [0, 0.1) is 0 Å². The number of anilines is 1. The van der Waals surface area contributed by atoms with Gasteiger partial charge in [0.25, 0.3) is 0 Å². The van der Waals surface area contributed by atoms with E-state index in [-0.39, 0.29) is 6.29 Å². The predicted molar refractivity (Wildman–Crippen MR) is 70.7 cm³/mol. The number of morpholine rings is 1. The molecule has 1 aromatic carbocycles. The number of methoxy groups -OCH3 is 1. The Morgan fingerprint density at radius 1 is 1.11 bits per heavy atom. The fourth-order valence-corrected chi connectivity index (χ4v) is 2.56. The van der Waals surface area contributed by atoms with Gasteiger partial charge in [0.05, 0.1) is 39.2 Å². The van der Waals surface area contributed by atoms with E-state index in [0.717, 1.165) is 43.3 Å². The molecule has 0 atom stereocenters. The quantitative estimate of drug-likeness (QED) is 0.830. The molecule has 0 aromatic heterocycles. The summed E-state index contributed by atoms with van der Waals surface area (Å²) in [6.07, 6.45) is -0.284. The molecule has 2 heterocycles. The van der Waals surface area contributed by atoms with Gasteiger partial charge in [-0.3, -0.25) is 0 Å². The van der Waals surface area contributed by atoms with E-state index in [1.165, 1.54) is 0 Å². The largest absolute Gasteiger partial charge is 0.495 e. The first-order valence-electron chi connectivity index (χ1n) is 6.63. The van der Waals surface area contributed by atoms with Crippen molar-refractivity contribution in [3.05, 3.63) is 23.8 Å². The topological polar surface area (TPSA) is 40.2 Å². The van der Waals surface area contributed by atoms with Crippen molar-refractivity contribution in [1.29, 1.82) is 0 Å². The van der Waals surface area contributed by atoms with E-state index in [2.05, 4.69) is 4.90 Å². The molecule has 1 aromatic rings. The van der Waals surface area contributed by atoms with Crippen LogP contribution in [0.2, 0.25) is 0 Å². The van der Waals surface area contributed by atoms with Crippen LogP contribution in [0.3, 0.4) is 0 Å². The Hall–Kier alpha value is -1.30. The van der Waals surface area contributed by atoms with Gasteiger partial charge in [0, 0.05) is 18.7 Å². The summed E-state index contributed by atoms with van der Waals surface area (Å²) in [7, 11) is 1.69. The minimum absolute atomic E-state index is 0.284. The average molecular weight is 265 g/mol. The van der Waals surface area contributed by atoms with Crippen LogP contribution in [0.5, 0.6) is 5.75 Å². The second kappa shape index (κ2) is 5.77. The summed E-state index contributed by atoms with van der Waals surface area (Å²) in [4.78, 5) is 2.28. The van der Waals surface area contributed by atoms with E-state index in [1.54, 1.807) is 7.11 Å². The van der Waals surface area contributed by atoms with Gasteiger partial charge in [-0.1, -0.05) is 12.1 Å².